The molecular weight excluding hydrogens is 176 g/mol. The van der Waals surface area contributed by atoms with Crippen molar-refractivity contribution in [3.05, 3.63) is 12.7 Å². The number of carbonyl (C=O) groups is 1. The number of hydrogen-bond donors (Lipinski definition) is 2. The molecule has 3 nitrogen and oxygen atoms in total. The third kappa shape index (κ3) is 4.42. The van der Waals surface area contributed by atoms with E-state index in [2.05, 4.69) is 25.7 Å². The molecule has 1 unspecified atom stereocenters. The molecule has 0 aliphatic heterocycles. The van der Waals surface area contributed by atoms with E-state index < -0.39 is 5.54 Å². The van der Waals surface area contributed by atoms with Crippen LogP contribution in [0.25, 0.3) is 0 Å². The van der Waals surface area contributed by atoms with Gasteiger partial charge in [-0.1, -0.05) is 19.9 Å². The highest BCUT2D eigenvalue weighted by Gasteiger charge is 2.29. The first kappa shape index (κ1) is 13.2. The fourth-order valence-electron chi connectivity index (χ4n) is 1.12. The Hall–Kier alpha value is -0.830. The molecule has 0 heterocycles. The SMILES string of the molecule is C=CCCC(C)(NCC(C)C)C(N)=O. The lowest BCUT2D eigenvalue weighted by Crippen LogP contribution is -2.53. The Morgan fingerprint density at radius 1 is 1.64 bits per heavy atom. The molecule has 82 valence electrons. The first-order chi connectivity index (χ1) is 6.42. The van der Waals surface area contributed by atoms with Gasteiger partial charge in [-0.2, -0.15) is 0 Å². The topological polar surface area (TPSA) is 55.1 Å². The van der Waals surface area contributed by atoms with Gasteiger partial charge in [0.25, 0.3) is 0 Å². The van der Waals surface area contributed by atoms with Crippen LogP contribution in [-0.4, -0.2) is 18.0 Å². The maximum Gasteiger partial charge on any atom is 0.237 e. The van der Waals surface area contributed by atoms with Crippen molar-refractivity contribution < 1.29 is 4.79 Å². The second kappa shape index (κ2) is 5.81. The number of rotatable bonds is 7. The molecule has 0 spiro atoms. The maximum atomic E-state index is 11.3. The van der Waals surface area contributed by atoms with Crippen LogP contribution in [0, 0.1) is 5.92 Å². The molecule has 0 radical (unpaired) electrons. The zero-order valence-corrected chi connectivity index (χ0v) is 9.47. The van der Waals surface area contributed by atoms with Crippen LogP contribution in [0.5, 0.6) is 0 Å². The summed E-state index contributed by atoms with van der Waals surface area (Å²) in [4.78, 5) is 11.3. The molecule has 0 fully saturated rings. The van der Waals surface area contributed by atoms with Crippen LogP contribution in [0.4, 0.5) is 0 Å². The molecule has 0 aliphatic rings. The molecule has 0 bridgehead atoms. The second-order valence-electron chi connectivity index (χ2n) is 4.30. The minimum absolute atomic E-state index is 0.292. The van der Waals surface area contributed by atoms with Gasteiger partial charge in [0, 0.05) is 0 Å². The Kier molecular flexibility index (Phi) is 5.46. The van der Waals surface area contributed by atoms with Gasteiger partial charge in [-0.25, -0.2) is 0 Å². The van der Waals surface area contributed by atoms with Gasteiger partial charge in [0.05, 0.1) is 5.54 Å². The third-order valence-electron chi connectivity index (χ3n) is 2.29. The van der Waals surface area contributed by atoms with Crippen LogP contribution in [0.15, 0.2) is 12.7 Å². The summed E-state index contributed by atoms with van der Waals surface area (Å²) in [6.07, 6.45) is 3.31. The van der Waals surface area contributed by atoms with Crippen molar-refractivity contribution >= 4 is 5.91 Å². The molecule has 0 saturated carbocycles. The van der Waals surface area contributed by atoms with Crippen LogP contribution >= 0.6 is 0 Å². The minimum Gasteiger partial charge on any atom is -0.368 e. The first-order valence-corrected chi connectivity index (χ1v) is 5.08. The molecule has 0 aromatic carbocycles. The van der Waals surface area contributed by atoms with Gasteiger partial charge in [0.2, 0.25) is 5.91 Å². The Morgan fingerprint density at radius 3 is 2.57 bits per heavy atom. The zero-order chi connectivity index (χ0) is 11.2. The van der Waals surface area contributed by atoms with Gasteiger partial charge >= 0.3 is 0 Å². The highest BCUT2D eigenvalue weighted by molar-refractivity contribution is 5.84. The Labute approximate surface area is 86.8 Å². The molecule has 1 atom stereocenters. The summed E-state index contributed by atoms with van der Waals surface area (Å²) in [5, 5.41) is 3.21. The van der Waals surface area contributed by atoms with E-state index in [1.54, 1.807) is 6.08 Å². The molecule has 3 heteroatoms. The van der Waals surface area contributed by atoms with Gasteiger partial charge in [-0.15, -0.1) is 6.58 Å². The van der Waals surface area contributed by atoms with Gasteiger partial charge in [-0.05, 0) is 32.2 Å². The number of carbonyl (C=O) groups excluding carboxylic acids is 1. The Bertz CT molecular complexity index is 201. The van der Waals surface area contributed by atoms with Crippen molar-refractivity contribution in [2.75, 3.05) is 6.54 Å². The second-order valence-corrected chi connectivity index (χ2v) is 4.30. The summed E-state index contributed by atoms with van der Waals surface area (Å²) in [7, 11) is 0. The lowest BCUT2D eigenvalue weighted by atomic mass is 9.94. The van der Waals surface area contributed by atoms with E-state index in [1.165, 1.54) is 0 Å². The Morgan fingerprint density at radius 2 is 2.21 bits per heavy atom. The van der Waals surface area contributed by atoms with Crippen molar-refractivity contribution in [1.82, 2.24) is 5.32 Å². The highest BCUT2D eigenvalue weighted by atomic mass is 16.1. The van der Waals surface area contributed by atoms with Gasteiger partial charge in [0.1, 0.15) is 0 Å². The van der Waals surface area contributed by atoms with Crippen LogP contribution in [0.1, 0.15) is 33.6 Å². The summed E-state index contributed by atoms with van der Waals surface area (Å²) in [5.74, 6) is 0.220. The monoisotopic (exact) mass is 198 g/mol. The average molecular weight is 198 g/mol. The van der Waals surface area contributed by atoms with Crippen LogP contribution < -0.4 is 11.1 Å². The third-order valence-corrected chi connectivity index (χ3v) is 2.29. The van der Waals surface area contributed by atoms with Crippen molar-refractivity contribution in [2.45, 2.75) is 39.2 Å². The van der Waals surface area contributed by atoms with Gasteiger partial charge in [-0.3, -0.25) is 4.79 Å². The lowest BCUT2D eigenvalue weighted by Gasteiger charge is -2.28. The van der Waals surface area contributed by atoms with E-state index >= 15 is 0 Å². The van der Waals surface area contributed by atoms with E-state index in [0.29, 0.717) is 12.3 Å². The smallest absolute Gasteiger partial charge is 0.237 e. The summed E-state index contributed by atoms with van der Waals surface area (Å²) in [5.41, 5.74) is 4.76. The quantitative estimate of drug-likeness (QED) is 0.608. The molecular formula is C11H22N2O. The number of primary amides is 1. The molecule has 1 amide bonds. The maximum absolute atomic E-state index is 11.3. The zero-order valence-electron chi connectivity index (χ0n) is 9.47. The van der Waals surface area contributed by atoms with Crippen LogP contribution in [-0.2, 0) is 4.79 Å². The normalized spacial score (nSPS) is 15.1. The van der Waals surface area contributed by atoms with Crippen molar-refractivity contribution in [1.29, 1.82) is 0 Å². The van der Waals surface area contributed by atoms with E-state index in [-0.39, 0.29) is 5.91 Å². The predicted octanol–water partition coefficient (Wildman–Crippen LogP) is 1.44. The van der Waals surface area contributed by atoms with Crippen molar-refractivity contribution in [2.24, 2.45) is 11.7 Å². The molecule has 0 saturated heterocycles. The minimum atomic E-state index is -0.599. The van der Waals surface area contributed by atoms with Crippen LogP contribution in [0.2, 0.25) is 0 Å². The standard InChI is InChI=1S/C11H22N2O/c1-5-6-7-11(4,10(12)14)13-8-9(2)3/h5,9,13H,1,6-8H2,2-4H3,(H2,12,14). The number of hydrogen-bond acceptors (Lipinski definition) is 2. The largest absolute Gasteiger partial charge is 0.368 e. The number of amides is 1. The Balaban J connectivity index is 4.23. The van der Waals surface area contributed by atoms with Gasteiger partial charge < -0.3 is 11.1 Å². The molecule has 0 aliphatic carbocycles. The lowest BCUT2D eigenvalue weighted by molar-refractivity contribution is -0.124. The molecule has 14 heavy (non-hydrogen) atoms. The van der Waals surface area contributed by atoms with E-state index in [4.69, 9.17) is 5.73 Å². The predicted molar refractivity (Wildman–Crippen MR) is 59.9 cm³/mol. The summed E-state index contributed by atoms with van der Waals surface area (Å²) in [6.45, 7) is 10.5. The average Bonchev–Trinajstić information content (AvgIpc) is 2.11. The van der Waals surface area contributed by atoms with Crippen molar-refractivity contribution in [3.8, 4) is 0 Å². The number of nitrogens with two attached hydrogens (primary N) is 1. The molecule has 0 aromatic heterocycles. The summed E-state index contributed by atoms with van der Waals surface area (Å²) < 4.78 is 0. The van der Waals surface area contributed by atoms with Gasteiger partial charge in [0.15, 0.2) is 0 Å². The first-order valence-electron chi connectivity index (χ1n) is 5.08. The summed E-state index contributed by atoms with van der Waals surface area (Å²) in [6, 6.07) is 0. The fraction of sp³-hybridized carbons (Fsp3) is 0.727. The summed E-state index contributed by atoms with van der Waals surface area (Å²) >= 11 is 0. The highest BCUT2D eigenvalue weighted by Crippen LogP contribution is 2.12. The van der Waals surface area contributed by atoms with E-state index in [1.807, 2.05) is 6.92 Å². The fourth-order valence-corrected chi connectivity index (χ4v) is 1.12. The molecule has 0 rings (SSSR count). The molecule has 3 N–H and O–H groups in total. The van der Waals surface area contributed by atoms with E-state index in [0.717, 1.165) is 13.0 Å². The van der Waals surface area contributed by atoms with Crippen molar-refractivity contribution in [3.63, 3.8) is 0 Å². The van der Waals surface area contributed by atoms with Crippen LogP contribution in [0.3, 0.4) is 0 Å². The molecule has 0 aromatic rings. The number of allylic oxidation sites excluding steroid dienone is 1. The number of nitrogens with one attached hydrogen (secondary N) is 1. The van der Waals surface area contributed by atoms with E-state index in [9.17, 15) is 4.79 Å².